The molecule has 0 aliphatic rings. The number of alkyl halides is 3. The number of nitrogens with zero attached hydrogens (tertiary/aromatic N) is 1. The first-order valence-corrected chi connectivity index (χ1v) is 5.91. The van der Waals surface area contributed by atoms with Crippen LogP contribution in [0.2, 0.25) is 0 Å². The van der Waals surface area contributed by atoms with Crippen molar-refractivity contribution in [3.63, 3.8) is 0 Å². The summed E-state index contributed by atoms with van der Waals surface area (Å²) in [7, 11) is -2.97. The highest BCUT2D eigenvalue weighted by Gasteiger charge is 2.33. The molecule has 0 fully saturated rings. The minimum absolute atomic E-state index is 0.154. The number of aliphatic hydroxyl groups is 1. The van der Waals surface area contributed by atoms with Gasteiger partial charge in [-0.25, -0.2) is 8.42 Å². The molecule has 1 N–H and O–H groups in total. The Bertz CT molecular complexity index is 276. The first-order valence-electron chi connectivity index (χ1n) is 4.30. The normalized spacial score (nSPS) is 13.5. The van der Waals surface area contributed by atoms with Crippen LogP contribution < -0.4 is 0 Å². The van der Waals surface area contributed by atoms with Crippen LogP contribution in [0, 0.1) is 0 Å². The van der Waals surface area contributed by atoms with Gasteiger partial charge in [-0.2, -0.15) is 17.5 Å². The van der Waals surface area contributed by atoms with E-state index in [-0.39, 0.29) is 29.5 Å². The van der Waals surface area contributed by atoms with Gasteiger partial charge in [0.05, 0.1) is 5.75 Å². The minimum Gasteiger partial charge on any atom is -0.396 e. The van der Waals surface area contributed by atoms with E-state index in [0.29, 0.717) is 0 Å². The second kappa shape index (κ2) is 5.66. The van der Waals surface area contributed by atoms with Gasteiger partial charge in [0.15, 0.2) is 0 Å². The lowest BCUT2D eigenvalue weighted by Gasteiger charge is -2.18. The summed E-state index contributed by atoms with van der Waals surface area (Å²) in [6.07, 6.45) is -4.11. The molecule has 0 aliphatic heterocycles. The average Bonchev–Trinajstić information content (AvgIpc) is 2.01. The van der Waals surface area contributed by atoms with Gasteiger partial charge < -0.3 is 5.11 Å². The van der Waals surface area contributed by atoms with Gasteiger partial charge in [0, 0.05) is 13.7 Å². The first-order chi connectivity index (χ1) is 6.69. The van der Waals surface area contributed by atoms with Crippen molar-refractivity contribution in [2.75, 3.05) is 26.0 Å². The van der Waals surface area contributed by atoms with E-state index in [1.807, 2.05) is 0 Å². The topological polar surface area (TPSA) is 57.6 Å². The predicted octanol–water partition coefficient (Wildman–Crippen LogP) is 0.583. The van der Waals surface area contributed by atoms with Gasteiger partial charge in [-0.3, -0.25) is 0 Å². The predicted molar refractivity (Wildman–Crippen MR) is 48.8 cm³/mol. The van der Waals surface area contributed by atoms with Crippen molar-refractivity contribution >= 4 is 10.0 Å². The summed E-state index contributed by atoms with van der Waals surface area (Å²) in [4.78, 5) is 0. The molecule has 92 valence electrons. The van der Waals surface area contributed by atoms with Gasteiger partial charge in [-0.15, -0.1) is 0 Å². The Morgan fingerprint density at radius 2 is 1.80 bits per heavy atom. The smallest absolute Gasteiger partial charge is 0.396 e. The number of hydrogen-bond acceptors (Lipinski definition) is 3. The fourth-order valence-electron chi connectivity index (χ4n) is 0.903. The Morgan fingerprint density at radius 1 is 1.27 bits per heavy atom. The molecular weight excluding hydrogens is 235 g/mol. The molecule has 0 aromatic carbocycles. The third-order valence-electron chi connectivity index (χ3n) is 1.69. The zero-order valence-electron chi connectivity index (χ0n) is 8.29. The van der Waals surface area contributed by atoms with Crippen LogP contribution in [-0.2, 0) is 10.0 Å². The summed E-state index contributed by atoms with van der Waals surface area (Å²) < 4.78 is 58.4. The number of rotatable bonds is 6. The Labute approximate surface area is 86.7 Å². The fraction of sp³-hybridized carbons (Fsp3) is 1.00. The largest absolute Gasteiger partial charge is 0.402 e. The molecule has 0 unspecified atom stereocenters. The molecule has 0 rings (SSSR count). The standard InChI is InChI=1S/C7H14F3NO3S/c1-11(6-7(8,9)10)15(13,14)5-3-2-4-12/h12H,2-6H2,1H3. The van der Waals surface area contributed by atoms with Crippen molar-refractivity contribution in [1.82, 2.24) is 4.31 Å². The van der Waals surface area contributed by atoms with E-state index in [1.165, 1.54) is 0 Å². The zero-order valence-corrected chi connectivity index (χ0v) is 9.11. The molecule has 0 amide bonds. The maximum Gasteiger partial charge on any atom is 0.402 e. The maximum absolute atomic E-state index is 11.9. The lowest BCUT2D eigenvalue weighted by molar-refractivity contribution is -0.134. The molecule has 0 aromatic heterocycles. The van der Waals surface area contributed by atoms with E-state index in [2.05, 4.69) is 0 Å². The van der Waals surface area contributed by atoms with Crippen LogP contribution in [0.3, 0.4) is 0 Å². The van der Waals surface area contributed by atoms with Crippen molar-refractivity contribution in [3.8, 4) is 0 Å². The molecular formula is C7H14F3NO3S. The van der Waals surface area contributed by atoms with Crippen LogP contribution in [0.1, 0.15) is 12.8 Å². The van der Waals surface area contributed by atoms with Crippen LogP contribution in [-0.4, -0.2) is 50.0 Å². The van der Waals surface area contributed by atoms with Crippen molar-refractivity contribution in [3.05, 3.63) is 0 Å². The zero-order chi connectivity index (χ0) is 12.1. The van der Waals surface area contributed by atoms with Crippen molar-refractivity contribution in [2.45, 2.75) is 19.0 Å². The highest BCUT2D eigenvalue weighted by Crippen LogP contribution is 2.17. The third kappa shape index (κ3) is 6.69. The monoisotopic (exact) mass is 249 g/mol. The molecule has 0 heterocycles. The van der Waals surface area contributed by atoms with Crippen LogP contribution in [0.15, 0.2) is 0 Å². The number of sulfonamides is 1. The average molecular weight is 249 g/mol. The highest BCUT2D eigenvalue weighted by molar-refractivity contribution is 7.89. The Morgan fingerprint density at radius 3 is 2.20 bits per heavy atom. The highest BCUT2D eigenvalue weighted by atomic mass is 32.2. The summed E-state index contributed by atoms with van der Waals surface area (Å²) >= 11 is 0. The van der Waals surface area contributed by atoms with E-state index in [9.17, 15) is 21.6 Å². The number of halogens is 3. The number of aliphatic hydroxyl groups excluding tert-OH is 1. The van der Waals surface area contributed by atoms with Crippen molar-refractivity contribution in [2.24, 2.45) is 0 Å². The van der Waals surface area contributed by atoms with Gasteiger partial charge in [0.2, 0.25) is 10.0 Å². The van der Waals surface area contributed by atoms with Gasteiger partial charge >= 0.3 is 6.18 Å². The van der Waals surface area contributed by atoms with Crippen LogP contribution in [0.4, 0.5) is 13.2 Å². The molecule has 0 atom stereocenters. The van der Waals surface area contributed by atoms with E-state index in [0.717, 1.165) is 7.05 Å². The van der Waals surface area contributed by atoms with E-state index >= 15 is 0 Å². The van der Waals surface area contributed by atoms with Gasteiger partial charge in [-0.1, -0.05) is 0 Å². The molecule has 0 saturated heterocycles. The molecule has 4 nitrogen and oxygen atoms in total. The second-order valence-corrected chi connectivity index (χ2v) is 5.31. The summed E-state index contributed by atoms with van der Waals surface area (Å²) in [6, 6.07) is 0. The van der Waals surface area contributed by atoms with Crippen molar-refractivity contribution in [1.29, 1.82) is 0 Å². The molecule has 0 aliphatic carbocycles. The molecule has 8 heteroatoms. The third-order valence-corrected chi connectivity index (χ3v) is 3.57. The summed E-state index contributed by atoms with van der Waals surface area (Å²) in [5.74, 6) is -0.375. The lowest BCUT2D eigenvalue weighted by Crippen LogP contribution is -2.37. The van der Waals surface area contributed by atoms with E-state index in [1.54, 1.807) is 0 Å². The number of hydrogen-bond donors (Lipinski definition) is 1. The first kappa shape index (κ1) is 14.7. The van der Waals surface area contributed by atoms with Gasteiger partial charge in [0.25, 0.3) is 0 Å². The fourth-order valence-corrected chi connectivity index (χ4v) is 2.13. The molecule has 15 heavy (non-hydrogen) atoms. The SMILES string of the molecule is CN(CC(F)(F)F)S(=O)(=O)CCCCO. The van der Waals surface area contributed by atoms with E-state index in [4.69, 9.17) is 5.11 Å². The van der Waals surface area contributed by atoms with Crippen LogP contribution >= 0.6 is 0 Å². The lowest BCUT2D eigenvalue weighted by atomic mass is 10.4. The van der Waals surface area contributed by atoms with Crippen LogP contribution in [0.25, 0.3) is 0 Å². The summed E-state index contributed by atoms with van der Waals surface area (Å²) in [6.45, 7) is -1.65. The number of unbranched alkanes of at least 4 members (excludes halogenated alkanes) is 1. The second-order valence-electron chi connectivity index (χ2n) is 3.12. The Kier molecular flexibility index (Phi) is 5.54. The van der Waals surface area contributed by atoms with Crippen molar-refractivity contribution < 1.29 is 26.7 Å². The summed E-state index contributed by atoms with van der Waals surface area (Å²) in [5.41, 5.74) is 0. The van der Waals surface area contributed by atoms with Crippen LogP contribution in [0.5, 0.6) is 0 Å². The molecule has 0 radical (unpaired) electrons. The minimum atomic E-state index is -4.53. The van der Waals surface area contributed by atoms with E-state index < -0.39 is 22.7 Å². The Hall–Kier alpha value is -0.340. The summed E-state index contributed by atoms with van der Waals surface area (Å²) in [5, 5.41) is 8.40. The Balaban J connectivity index is 4.21. The van der Waals surface area contributed by atoms with Gasteiger partial charge in [0.1, 0.15) is 6.54 Å². The quantitative estimate of drug-likeness (QED) is 0.701. The molecule has 0 spiro atoms. The maximum atomic E-state index is 11.9. The molecule has 0 saturated carbocycles. The molecule has 0 aromatic rings. The molecule has 0 bridgehead atoms. The van der Waals surface area contributed by atoms with Gasteiger partial charge in [-0.05, 0) is 12.8 Å².